The molecule has 0 saturated carbocycles. The third-order valence-electron chi connectivity index (χ3n) is 2.83. The van der Waals surface area contributed by atoms with Crippen molar-refractivity contribution in [2.75, 3.05) is 0 Å². The van der Waals surface area contributed by atoms with Crippen LogP contribution < -0.4 is 5.32 Å². The molecule has 2 rings (SSSR count). The van der Waals surface area contributed by atoms with Gasteiger partial charge in [0.2, 0.25) is 0 Å². The predicted octanol–water partition coefficient (Wildman–Crippen LogP) is 3.40. The highest BCUT2D eigenvalue weighted by Crippen LogP contribution is 2.15. The smallest absolute Gasteiger partial charge is 0.0782 e. The van der Waals surface area contributed by atoms with Crippen LogP contribution in [0.3, 0.4) is 0 Å². The number of rotatable bonds is 4. The lowest BCUT2D eigenvalue weighted by molar-refractivity contribution is 0.555. The molecule has 0 aliphatic heterocycles. The topological polar surface area (TPSA) is 37.8 Å². The van der Waals surface area contributed by atoms with E-state index in [1.807, 2.05) is 19.1 Å². The van der Waals surface area contributed by atoms with Gasteiger partial charge in [-0.3, -0.25) is 9.97 Å². The van der Waals surface area contributed by atoms with Gasteiger partial charge in [0.15, 0.2) is 0 Å². The van der Waals surface area contributed by atoms with E-state index in [0.717, 1.165) is 22.4 Å². The molecule has 4 heteroatoms. The van der Waals surface area contributed by atoms with Gasteiger partial charge in [-0.25, -0.2) is 0 Å². The van der Waals surface area contributed by atoms with Gasteiger partial charge in [-0.05, 0) is 31.5 Å². The fraction of sp³-hybridized carbons (Fsp3) is 0.286. The molecule has 1 unspecified atom stereocenters. The summed E-state index contributed by atoms with van der Waals surface area (Å²) >= 11 is 3.48. The predicted molar refractivity (Wildman–Crippen MR) is 76.2 cm³/mol. The van der Waals surface area contributed by atoms with Crippen LogP contribution in [0.4, 0.5) is 0 Å². The van der Waals surface area contributed by atoms with Gasteiger partial charge in [0, 0.05) is 29.5 Å². The van der Waals surface area contributed by atoms with E-state index >= 15 is 0 Å². The Kier molecular flexibility index (Phi) is 4.44. The van der Waals surface area contributed by atoms with E-state index in [9.17, 15) is 0 Å². The van der Waals surface area contributed by atoms with Crippen molar-refractivity contribution in [2.45, 2.75) is 26.4 Å². The van der Waals surface area contributed by atoms with Crippen molar-refractivity contribution >= 4 is 15.9 Å². The molecule has 0 aliphatic rings. The van der Waals surface area contributed by atoms with Gasteiger partial charge in [-0.15, -0.1) is 0 Å². The highest BCUT2D eigenvalue weighted by Gasteiger charge is 2.09. The third kappa shape index (κ3) is 3.37. The Morgan fingerprint density at radius 3 is 2.78 bits per heavy atom. The Morgan fingerprint density at radius 2 is 2.06 bits per heavy atom. The summed E-state index contributed by atoms with van der Waals surface area (Å²) in [6, 6.07) is 8.48. The van der Waals surface area contributed by atoms with E-state index in [1.165, 1.54) is 5.56 Å². The molecule has 0 spiro atoms. The minimum atomic E-state index is 0.192. The molecule has 1 N–H and O–H groups in total. The normalized spacial score (nSPS) is 12.4. The van der Waals surface area contributed by atoms with Gasteiger partial charge in [0.25, 0.3) is 0 Å². The Labute approximate surface area is 116 Å². The zero-order valence-electron chi connectivity index (χ0n) is 10.5. The summed E-state index contributed by atoms with van der Waals surface area (Å²) in [5.74, 6) is 0. The molecule has 0 fully saturated rings. The molecule has 1 aromatic heterocycles. The first-order valence-electron chi connectivity index (χ1n) is 5.92. The summed E-state index contributed by atoms with van der Waals surface area (Å²) in [5, 5.41) is 3.46. The van der Waals surface area contributed by atoms with Crippen molar-refractivity contribution in [3.8, 4) is 0 Å². The molecule has 18 heavy (non-hydrogen) atoms. The van der Waals surface area contributed by atoms with Crippen LogP contribution in [0.15, 0.2) is 41.1 Å². The Hall–Kier alpha value is -1.26. The minimum absolute atomic E-state index is 0.192. The monoisotopic (exact) mass is 305 g/mol. The first kappa shape index (κ1) is 13.2. The van der Waals surface area contributed by atoms with Gasteiger partial charge < -0.3 is 5.32 Å². The minimum Gasteiger partial charge on any atom is -0.305 e. The molecule has 1 heterocycles. The average molecular weight is 306 g/mol. The highest BCUT2D eigenvalue weighted by molar-refractivity contribution is 9.10. The van der Waals surface area contributed by atoms with Crippen LogP contribution in [0.2, 0.25) is 0 Å². The summed E-state index contributed by atoms with van der Waals surface area (Å²) in [4.78, 5) is 8.63. The summed E-state index contributed by atoms with van der Waals surface area (Å²) in [6.45, 7) is 4.91. The van der Waals surface area contributed by atoms with Gasteiger partial charge in [0.05, 0.1) is 11.4 Å². The second kappa shape index (κ2) is 6.07. The molecule has 1 aromatic carbocycles. The standard InChI is InChI=1S/C14H16BrN3/c1-10-14(17-7-6-16-10)11(2)18-9-12-4-3-5-13(15)8-12/h3-8,11,18H,9H2,1-2H3. The van der Waals surface area contributed by atoms with Crippen LogP contribution in [-0.2, 0) is 6.54 Å². The zero-order chi connectivity index (χ0) is 13.0. The van der Waals surface area contributed by atoms with Crippen LogP contribution in [-0.4, -0.2) is 9.97 Å². The molecule has 2 aromatic rings. The van der Waals surface area contributed by atoms with Crippen molar-refractivity contribution in [3.63, 3.8) is 0 Å². The van der Waals surface area contributed by atoms with Gasteiger partial charge in [0.1, 0.15) is 0 Å². The van der Waals surface area contributed by atoms with E-state index in [-0.39, 0.29) is 6.04 Å². The number of aromatic nitrogens is 2. The van der Waals surface area contributed by atoms with Crippen LogP contribution in [0.25, 0.3) is 0 Å². The first-order valence-corrected chi connectivity index (χ1v) is 6.71. The maximum absolute atomic E-state index is 4.37. The number of nitrogens with one attached hydrogen (secondary N) is 1. The quantitative estimate of drug-likeness (QED) is 0.941. The Bertz CT molecular complexity index is 528. The van der Waals surface area contributed by atoms with Crippen LogP contribution >= 0.6 is 15.9 Å². The van der Waals surface area contributed by atoms with Crippen LogP contribution in [0.1, 0.15) is 29.9 Å². The molecule has 94 valence electrons. The highest BCUT2D eigenvalue weighted by atomic mass is 79.9. The van der Waals surface area contributed by atoms with E-state index < -0.39 is 0 Å². The molecule has 0 bridgehead atoms. The van der Waals surface area contributed by atoms with Crippen molar-refractivity contribution in [1.29, 1.82) is 0 Å². The van der Waals surface area contributed by atoms with E-state index in [0.29, 0.717) is 0 Å². The number of benzene rings is 1. The first-order chi connectivity index (χ1) is 8.66. The summed E-state index contributed by atoms with van der Waals surface area (Å²) < 4.78 is 1.10. The zero-order valence-corrected chi connectivity index (χ0v) is 12.1. The Morgan fingerprint density at radius 1 is 1.28 bits per heavy atom. The molecule has 0 amide bonds. The fourth-order valence-electron chi connectivity index (χ4n) is 1.86. The molecule has 3 nitrogen and oxygen atoms in total. The summed E-state index contributed by atoms with van der Waals surface area (Å²) in [7, 11) is 0. The van der Waals surface area contributed by atoms with Gasteiger partial charge >= 0.3 is 0 Å². The van der Waals surface area contributed by atoms with E-state index in [1.54, 1.807) is 12.4 Å². The second-order valence-corrected chi connectivity index (χ2v) is 5.18. The summed E-state index contributed by atoms with van der Waals surface area (Å²) in [6.07, 6.45) is 3.46. The van der Waals surface area contributed by atoms with Crippen molar-refractivity contribution in [3.05, 3.63) is 58.1 Å². The van der Waals surface area contributed by atoms with Crippen molar-refractivity contribution < 1.29 is 0 Å². The van der Waals surface area contributed by atoms with Crippen molar-refractivity contribution in [2.24, 2.45) is 0 Å². The summed E-state index contributed by atoms with van der Waals surface area (Å²) in [5.41, 5.74) is 3.23. The van der Waals surface area contributed by atoms with Crippen LogP contribution in [0.5, 0.6) is 0 Å². The van der Waals surface area contributed by atoms with Crippen molar-refractivity contribution in [1.82, 2.24) is 15.3 Å². The van der Waals surface area contributed by atoms with E-state index in [2.05, 4.69) is 50.3 Å². The largest absolute Gasteiger partial charge is 0.305 e. The SMILES string of the molecule is Cc1nccnc1C(C)NCc1cccc(Br)c1. The molecule has 0 radical (unpaired) electrons. The lowest BCUT2D eigenvalue weighted by atomic mass is 10.1. The molecular formula is C14H16BrN3. The van der Waals surface area contributed by atoms with E-state index in [4.69, 9.17) is 0 Å². The Balaban J connectivity index is 2.00. The number of hydrogen-bond acceptors (Lipinski definition) is 3. The average Bonchev–Trinajstić information content (AvgIpc) is 2.37. The lowest BCUT2D eigenvalue weighted by Crippen LogP contribution is -2.20. The molecule has 0 saturated heterocycles. The maximum Gasteiger partial charge on any atom is 0.0782 e. The second-order valence-electron chi connectivity index (χ2n) is 4.26. The van der Waals surface area contributed by atoms with Gasteiger partial charge in [-0.2, -0.15) is 0 Å². The van der Waals surface area contributed by atoms with Gasteiger partial charge in [-0.1, -0.05) is 28.1 Å². The number of nitrogens with zero attached hydrogens (tertiary/aromatic N) is 2. The fourth-order valence-corrected chi connectivity index (χ4v) is 2.30. The van der Waals surface area contributed by atoms with Crippen LogP contribution in [0, 0.1) is 6.92 Å². The number of aryl methyl sites for hydroxylation is 1. The molecule has 1 atom stereocenters. The number of hydrogen-bond donors (Lipinski definition) is 1. The number of halogens is 1. The lowest BCUT2D eigenvalue weighted by Gasteiger charge is -2.14. The molecular weight excluding hydrogens is 290 g/mol. The molecule has 0 aliphatic carbocycles. The third-order valence-corrected chi connectivity index (χ3v) is 3.32. The maximum atomic E-state index is 4.37.